The first kappa shape index (κ1) is 16.7. The number of aliphatic hydroxyl groups is 1. The van der Waals surface area contributed by atoms with Gasteiger partial charge in [0.25, 0.3) is 0 Å². The fraction of sp³-hybridized carbons (Fsp3) is 0.562. The van der Waals surface area contributed by atoms with Crippen molar-refractivity contribution >= 4 is 5.91 Å². The molecule has 130 valence electrons. The van der Waals surface area contributed by atoms with Crippen LogP contribution in [0, 0.1) is 0 Å². The van der Waals surface area contributed by atoms with Crippen LogP contribution < -0.4 is 5.32 Å². The van der Waals surface area contributed by atoms with E-state index in [-0.39, 0.29) is 12.5 Å². The number of rotatable bonds is 6. The molecule has 1 fully saturated rings. The third-order valence-electron chi connectivity index (χ3n) is 4.33. The summed E-state index contributed by atoms with van der Waals surface area (Å²) < 4.78 is 7.01. The molecular formula is C16H23N5O3. The molecule has 1 aliphatic heterocycles. The van der Waals surface area contributed by atoms with E-state index in [0.29, 0.717) is 25.9 Å². The highest BCUT2D eigenvalue weighted by atomic mass is 16.3. The van der Waals surface area contributed by atoms with E-state index < -0.39 is 5.60 Å². The number of hydrogen-bond acceptors (Lipinski definition) is 6. The highest BCUT2D eigenvalue weighted by molar-refractivity contribution is 5.77. The van der Waals surface area contributed by atoms with Crippen LogP contribution >= 0.6 is 0 Å². The fourth-order valence-corrected chi connectivity index (χ4v) is 3.10. The first-order valence-electron chi connectivity index (χ1n) is 8.11. The Hall–Kier alpha value is -2.19. The Kier molecular flexibility index (Phi) is 4.96. The van der Waals surface area contributed by atoms with Gasteiger partial charge in [-0.05, 0) is 31.5 Å². The van der Waals surface area contributed by atoms with Gasteiger partial charge in [0.2, 0.25) is 5.91 Å². The molecule has 8 nitrogen and oxygen atoms in total. The number of carbonyl (C=O) groups is 1. The Balaban J connectivity index is 1.51. The average molecular weight is 333 g/mol. The average Bonchev–Trinajstić information content (AvgIpc) is 3.18. The molecule has 2 N–H and O–H groups in total. The summed E-state index contributed by atoms with van der Waals surface area (Å²) in [6, 6.07) is 3.61. The smallest absolute Gasteiger partial charge is 0.234 e. The van der Waals surface area contributed by atoms with E-state index in [1.54, 1.807) is 18.7 Å². The summed E-state index contributed by atoms with van der Waals surface area (Å²) in [5, 5.41) is 21.6. The van der Waals surface area contributed by atoms with Gasteiger partial charge in [-0.15, -0.1) is 10.2 Å². The van der Waals surface area contributed by atoms with E-state index in [2.05, 4.69) is 15.5 Å². The molecule has 24 heavy (non-hydrogen) atoms. The molecular weight excluding hydrogens is 310 g/mol. The van der Waals surface area contributed by atoms with Gasteiger partial charge in [-0.25, -0.2) is 0 Å². The number of furan rings is 1. The zero-order valence-electron chi connectivity index (χ0n) is 13.8. The second-order valence-electron chi connectivity index (χ2n) is 6.43. The van der Waals surface area contributed by atoms with E-state index >= 15 is 0 Å². The number of carbonyl (C=O) groups excluding carboxylic acids is 1. The maximum Gasteiger partial charge on any atom is 0.234 e. The van der Waals surface area contributed by atoms with Crippen LogP contribution in [-0.2, 0) is 24.8 Å². The van der Waals surface area contributed by atoms with Crippen LogP contribution in [0.5, 0.6) is 0 Å². The lowest BCUT2D eigenvalue weighted by Crippen LogP contribution is -2.52. The maximum atomic E-state index is 12.1. The summed E-state index contributed by atoms with van der Waals surface area (Å²) in [4.78, 5) is 14.1. The molecule has 0 saturated carbocycles. The van der Waals surface area contributed by atoms with Gasteiger partial charge in [0.05, 0.1) is 25.0 Å². The molecule has 3 rings (SSSR count). The topological polar surface area (TPSA) is 96.4 Å². The number of amides is 1. The maximum absolute atomic E-state index is 12.1. The van der Waals surface area contributed by atoms with E-state index in [1.807, 2.05) is 22.6 Å². The molecule has 0 aromatic carbocycles. The van der Waals surface area contributed by atoms with Crippen LogP contribution in [0.4, 0.5) is 0 Å². The van der Waals surface area contributed by atoms with Crippen molar-refractivity contribution in [3.05, 3.63) is 36.3 Å². The van der Waals surface area contributed by atoms with Gasteiger partial charge >= 0.3 is 0 Å². The van der Waals surface area contributed by atoms with E-state index in [1.165, 1.54) is 0 Å². The van der Waals surface area contributed by atoms with Crippen LogP contribution in [0.2, 0.25) is 0 Å². The van der Waals surface area contributed by atoms with E-state index in [9.17, 15) is 9.90 Å². The van der Waals surface area contributed by atoms with Crippen LogP contribution in [0.25, 0.3) is 0 Å². The van der Waals surface area contributed by atoms with Crippen molar-refractivity contribution in [3.8, 4) is 0 Å². The first-order chi connectivity index (χ1) is 11.5. The second-order valence-corrected chi connectivity index (χ2v) is 6.43. The molecule has 0 radical (unpaired) electrons. The van der Waals surface area contributed by atoms with Gasteiger partial charge < -0.3 is 19.4 Å². The predicted molar refractivity (Wildman–Crippen MR) is 85.9 cm³/mol. The molecule has 1 amide bonds. The zero-order valence-corrected chi connectivity index (χ0v) is 13.8. The Morgan fingerprint density at radius 1 is 1.54 bits per heavy atom. The van der Waals surface area contributed by atoms with Gasteiger partial charge in [-0.3, -0.25) is 9.69 Å². The molecule has 2 aromatic rings. The minimum Gasteiger partial charge on any atom is -0.467 e. The molecule has 3 heterocycles. The van der Waals surface area contributed by atoms with Crippen LogP contribution in [-0.4, -0.2) is 55.9 Å². The molecule has 8 heteroatoms. The van der Waals surface area contributed by atoms with E-state index in [0.717, 1.165) is 24.6 Å². The van der Waals surface area contributed by atoms with Crippen molar-refractivity contribution in [2.24, 2.45) is 7.05 Å². The van der Waals surface area contributed by atoms with E-state index in [4.69, 9.17) is 4.42 Å². The number of nitrogens with one attached hydrogen (secondary N) is 1. The Labute approximate surface area is 140 Å². The van der Waals surface area contributed by atoms with Crippen molar-refractivity contribution in [3.63, 3.8) is 0 Å². The lowest BCUT2D eigenvalue weighted by Gasteiger charge is -2.38. The van der Waals surface area contributed by atoms with Gasteiger partial charge in [-0.1, -0.05) is 0 Å². The number of likely N-dealkylation sites (tertiary alicyclic amines) is 1. The highest BCUT2D eigenvalue weighted by Gasteiger charge is 2.35. The normalized spacial score (nSPS) is 21.8. The molecule has 2 aromatic heterocycles. The number of nitrogens with zero attached hydrogens (tertiary/aromatic N) is 4. The molecule has 1 atom stereocenters. The second kappa shape index (κ2) is 7.14. The third kappa shape index (κ3) is 4.21. The molecule has 0 spiro atoms. The first-order valence-corrected chi connectivity index (χ1v) is 8.11. The van der Waals surface area contributed by atoms with Gasteiger partial charge in [0, 0.05) is 20.0 Å². The minimum absolute atomic E-state index is 0.0747. The van der Waals surface area contributed by atoms with Crippen LogP contribution in [0.1, 0.15) is 24.4 Å². The summed E-state index contributed by atoms with van der Waals surface area (Å²) in [6.07, 6.45) is 5.19. The highest BCUT2D eigenvalue weighted by Crippen LogP contribution is 2.24. The SMILES string of the molecule is Cn1cnnc1CC1(O)CCCN(CC(=O)NCc2ccco2)C1. The van der Waals surface area contributed by atoms with Crippen molar-refractivity contribution in [1.82, 2.24) is 25.0 Å². The Morgan fingerprint density at radius 3 is 3.12 bits per heavy atom. The predicted octanol–water partition coefficient (Wildman–Crippen LogP) is 0.0939. The lowest BCUT2D eigenvalue weighted by molar-refractivity contribution is -0.124. The Bertz CT molecular complexity index is 669. The van der Waals surface area contributed by atoms with Crippen LogP contribution in [0.15, 0.2) is 29.1 Å². The third-order valence-corrected chi connectivity index (χ3v) is 4.33. The van der Waals surface area contributed by atoms with Gasteiger partial charge in [0.1, 0.15) is 17.9 Å². The summed E-state index contributed by atoms with van der Waals surface area (Å²) in [6.45, 7) is 1.90. The van der Waals surface area contributed by atoms with Crippen LogP contribution in [0.3, 0.4) is 0 Å². The number of β-amino-alcohol motifs (C(OH)–C–C–N with tert-alkyl or cyclic N) is 1. The minimum atomic E-state index is -0.875. The monoisotopic (exact) mass is 333 g/mol. The zero-order chi connectivity index (χ0) is 17.0. The fourth-order valence-electron chi connectivity index (χ4n) is 3.10. The molecule has 1 aliphatic rings. The molecule has 0 bridgehead atoms. The number of aryl methyl sites for hydroxylation is 1. The van der Waals surface area contributed by atoms with Crippen molar-refractivity contribution < 1.29 is 14.3 Å². The molecule has 1 saturated heterocycles. The van der Waals surface area contributed by atoms with Gasteiger partial charge in [0.15, 0.2) is 0 Å². The lowest BCUT2D eigenvalue weighted by atomic mass is 9.89. The largest absolute Gasteiger partial charge is 0.467 e. The quantitative estimate of drug-likeness (QED) is 0.778. The van der Waals surface area contributed by atoms with Gasteiger partial charge in [-0.2, -0.15) is 0 Å². The summed E-state index contributed by atoms with van der Waals surface area (Å²) in [7, 11) is 1.86. The van der Waals surface area contributed by atoms with Crippen molar-refractivity contribution in [2.45, 2.75) is 31.4 Å². The molecule has 0 aliphatic carbocycles. The summed E-state index contributed by atoms with van der Waals surface area (Å²) in [5.41, 5.74) is -0.875. The standard InChI is InChI=1S/C16H23N5O3/c1-20-12-18-19-14(20)8-16(23)5-3-6-21(11-16)10-15(22)17-9-13-4-2-7-24-13/h2,4,7,12,23H,3,5-6,8-11H2,1H3,(H,17,22). The van der Waals surface area contributed by atoms with Crippen molar-refractivity contribution in [1.29, 1.82) is 0 Å². The number of piperidine rings is 1. The Morgan fingerprint density at radius 2 is 2.42 bits per heavy atom. The summed E-state index contributed by atoms with van der Waals surface area (Å²) >= 11 is 0. The van der Waals surface area contributed by atoms with Crippen molar-refractivity contribution in [2.75, 3.05) is 19.6 Å². The number of hydrogen-bond donors (Lipinski definition) is 2. The number of aromatic nitrogens is 3. The summed E-state index contributed by atoms with van der Waals surface area (Å²) in [5.74, 6) is 1.40. The molecule has 1 unspecified atom stereocenters.